The van der Waals surface area contributed by atoms with Crippen LogP contribution in [0.5, 0.6) is 0 Å². The lowest BCUT2D eigenvalue weighted by atomic mass is 9.93. The molecule has 130 valence electrons. The summed E-state index contributed by atoms with van der Waals surface area (Å²) in [6.07, 6.45) is 3.83. The highest BCUT2D eigenvalue weighted by molar-refractivity contribution is 6.09. The summed E-state index contributed by atoms with van der Waals surface area (Å²) >= 11 is 0. The number of hydrazone groups is 1. The van der Waals surface area contributed by atoms with Crippen molar-refractivity contribution in [2.45, 2.75) is 33.1 Å². The number of pyridine rings is 1. The van der Waals surface area contributed by atoms with Gasteiger partial charge in [0.2, 0.25) is 0 Å². The van der Waals surface area contributed by atoms with Crippen molar-refractivity contribution in [1.82, 2.24) is 10.4 Å². The first-order chi connectivity index (χ1) is 12.0. The average molecular weight is 341 g/mol. The molecule has 2 aromatic heterocycles. The molecule has 2 heterocycles. The van der Waals surface area contributed by atoms with Crippen LogP contribution in [0, 0.1) is 13.8 Å². The SMILES string of the molecule is Cc1ccnc(NC(=O)c2oc3c(c2C)/C(=N/NC(N)=O)CCC3)c1. The maximum absolute atomic E-state index is 12.6. The Hall–Kier alpha value is -3.16. The van der Waals surface area contributed by atoms with E-state index in [9.17, 15) is 9.59 Å². The number of fused-ring (bicyclic) bond motifs is 1. The Kier molecular flexibility index (Phi) is 4.51. The average Bonchev–Trinajstić information content (AvgIpc) is 2.91. The van der Waals surface area contributed by atoms with Crippen molar-refractivity contribution in [2.75, 3.05) is 5.32 Å². The van der Waals surface area contributed by atoms with Crippen molar-refractivity contribution in [3.63, 3.8) is 0 Å². The quantitative estimate of drug-likeness (QED) is 0.741. The van der Waals surface area contributed by atoms with E-state index in [4.69, 9.17) is 10.2 Å². The molecule has 4 N–H and O–H groups in total. The van der Waals surface area contributed by atoms with E-state index in [0.717, 1.165) is 17.5 Å². The number of aromatic nitrogens is 1. The summed E-state index contributed by atoms with van der Waals surface area (Å²) in [6.45, 7) is 3.72. The van der Waals surface area contributed by atoms with Crippen LogP contribution in [0.3, 0.4) is 0 Å². The molecule has 0 aliphatic heterocycles. The molecule has 3 rings (SSSR count). The van der Waals surface area contributed by atoms with Gasteiger partial charge in [-0.3, -0.25) is 4.79 Å². The van der Waals surface area contributed by atoms with Gasteiger partial charge in [-0.1, -0.05) is 0 Å². The van der Waals surface area contributed by atoms with E-state index in [-0.39, 0.29) is 11.7 Å². The number of nitrogens with zero attached hydrogens (tertiary/aromatic N) is 2. The fourth-order valence-electron chi connectivity index (χ4n) is 2.90. The summed E-state index contributed by atoms with van der Waals surface area (Å²) in [5.41, 5.74) is 10.4. The van der Waals surface area contributed by atoms with Crippen LogP contribution in [0.25, 0.3) is 0 Å². The minimum atomic E-state index is -0.732. The zero-order valence-electron chi connectivity index (χ0n) is 14.0. The van der Waals surface area contributed by atoms with Crippen LogP contribution in [0.15, 0.2) is 27.8 Å². The van der Waals surface area contributed by atoms with Crippen LogP contribution in [-0.4, -0.2) is 22.6 Å². The second-order valence-corrected chi connectivity index (χ2v) is 5.92. The first-order valence-corrected chi connectivity index (χ1v) is 7.94. The Bertz CT molecular complexity index is 869. The molecule has 8 nitrogen and oxygen atoms in total. The highest BCUT2D eigenvalue weighted by Gasteiger charge is 2.28. The van der Waals surface area contributed by atoms with Gasteiger partial charge in [-0.05, 0) is 44.4 Å². The van der Waals surface area contributed by atoms with E-state index in [1.165, 1.54) is 0 Å². The minimum Gasteiger partial charge on any atom is -0.455 e. The third-order valence-electron chi connectivity index (χ3n) is 3.99. The fourth-order valence-corrected chi connectivity index (χ4v) is 2.90. The molecular weight excluding hydrogens is 322 g/mol. The van der Waals surface area contributed by atoms with Gasteiger partial charge in [-0.2, -0.15) is 5.10 Å². The van der Waals surface area contributed by atoms with E-state index in [0.29, 0.717) is 35.7 Å². The number of hydrogen-bond acceptors (Lipinski definition) is 5. The Labute approximate surface area is 144 Å². The summed E-state index contributed by atoms with van der Waals surface area (Å²) in [4.78, 5) is 27.6. The molecule has 8 heteroatoms. The number of aryl methyl sites for hydroxylation is 2. The molecule has 0 atom stereocenters. The molecule has 3 amide bonds. The summed E-state index contributed by atoms with van der Waals surface area (Å²) in [5.74, 6) is 1.01. The first kappa shape index (κ1) is 16.7. The maximum atomic E-state index is 12.6. The summed E-state index contributed by atoms with van der Waals surface area (Å²) in [6, 6.07) is 2.89. The molecule has 25 heavy (non-hydrogen) atoms. The molecule has 0 aromatic carbocycles. The number of amides is 3. The van der Waals surface area contributed by atoms with Gasteiger partial charge in [0.15, 0.2) is 5.76 Å². The highest BCUT2D eigenvalue weighted by Crippen LogP contribution is 2.30. The number of furan rings is 1. The van der Waals surface area contributed by atoms with Crippen LogP contribution in [0.2, 0.25) is 0 Å². The number of carbonyl (C=O) groups excluding carboxylic acids is 2. The zero-order valence-corrected chi connectivity index (χ0v) is 14.0. The van der Waals surface area contributed by atoms with Crippen LogP contribution < -0.4 is 16.5 Å². The molecule has 0 saturated heterocycles. The van der Waals surface area contributed by atoms with Gasteiger partial charge in [0, 0.05) is 23.7 Å². The van der Waals surface area contributed by atoms with E-state index in [1.54, 1.807) is 19.2 Å². The van der Waals surface area contributed by atoms with Crippen molar-refractivity contribution < 1.29 is 14.0 Å². The molecule has 0 radical (unpaired) electrons. The predicted molar refractivity (Wildman–Crippen MR) is 92.6 cm³/mol. The van der Waals surface area contributed by atoms with Gasteiger partial charge in [-0.25, -0.2) is 15.2 Å². The lowest BCUT2D eigenvalue weighted by Crippen LogP contribution is -2.27. The number of carbonyl (C=O) groups is 2. The van der Waals surface area contributed by atoms with Gasteiger partial charge >= 0.3 is 6.03 Å². The number of nitrogens with two attached hydrogens (primary N) is 1. The predicted octanol–water partition coefficient (Wildman–Crippen LogP) is 2.25. The van der Waals surface area contributed by atoms with Crippen molar-refractivity contribution in [3.8, 4) is 0 Å². The molecule has 0 fully saturated rings. The van der Waals surface area contributed by atoms with E-state index in [2.05, 4.69) is 20.8 Å². The third-order valence-corrected chi connectivity index (χ3v) is 3.99. The molecule has 2 aromatic rings. The number of urea groups is 1. The van der Waals surface area contributed by atoms with E-state index >= 15 is 0 Å². The second kappa shape index (κ2) is 6.76. The topological polar surface area (TPSA) is 123 Å². The summed E-state index contributed by atoms with van der Waals surface area (Å²) in [5, 5.41) is 6.78. The van der Waals surface area contributed by atoms with Crippen LogP contribution >= 0.6 is 0 Å². The van der Waals surface area contributed by atoms with Crippen LogP contribution in [0.1, 0.15) is 45.8 Å². The van der Waals surface area contributed by atoms with Crippen molar-refractivity contribution in [2.24, 2.45) is 10.8 Å². The highest BCUT2D eigenvalue weighted by atomic mass is 16.4. The number of anilines is 1. The van der Waals surface area contributed by atoms with Gasteiger partial charge in [0.25, 0.3) is 5.91 Å². The Balaban J connectivity index is 1.90. The van der Waals surface area contributed by atoms with E-state index in [1.807, 2.05) is 13.0 Å². The number of hydrogen-bond donors (Lipinski definition) is 3. The van der Waals surface area contributed by atoms with Crippen molar-refractivity contribution >= 4 is 23.5 Å². The number of nitrogens with one attached hydrogen (secondary N) is 2. The number of rotatable bonds is 3. The lowest BCUT2D eigenvalue weighted by Gasteiger charge is -2.13. The zero-order chi connectivity index (χ0) is 18.0. The lowest BCUT2D eigenvalue weighted by molar-refractivity contribution is 0.0993. The van der Waals surface area contributed by atoms with Crippen LogP contribution in [-0.2, 0) is 6.42 Å². The molecule has 0 saturated carbocycles. The molecule has 1 aliphatic rings. The van der Waals surface area contributed by atoms with E-state index < -0.39 is 6.03 Å². The first-order valence-electron chi connectivity index (χ1n) is 7.94. The van der Waals surface area contributed by atoms with Gasteiger partial charge < -0.3 is 15.5 Å². The number of primary amides is 1. The van der Waals surface area contributed by atoms with Gasteiger partial charge in [-0.15, -0.1) is 0 Å². The third kappa shape index (κ3) is 3.52. The fraction of sp³-hybridized carbons (Fsp3) is 0.294. The molecule has 0 bridgehead atoms. The summed E-state index contributed by atoms with van der Waals surface area (Å²) in [7, 11) is 0. The second-order valence-electron chi connectivity index (χ2n) is 5.92. The monoisotopic (exact) mass is 341 g/mol. The van der Waals surface area contributed by atoms with Crippen LogP contribution in [0.4, 0.5) is 10.6 Å². The molecule has 0 unspecified atom stereocenters. The smallest absolute Gasteiger partial charge is 0.332 e. The van der Waals surface area contributed by atoms with Crippen molar-refractivity contribution in [1.29, 1.82) is 0 Å². The van der Waals surface area contributed by atoms with Gasteiger partial charge in [0.05, 0.1) is 5.71 Å². The standard InChI is InChI=1S/C17H19N5O3/c1-9-6-7-19-13(8-9)20-16(23)15-10(2)14-11(21-22-17(18)24)4-3-5-12(14)25-15/h6-8H,3-5H2,1-2H3,(H3,18,22,24)(H,19,20,23)/b21-11+. The normalized spacial score (nSPS) is 14.9. The Morgan fingerprint density at radius 2 is 2.12 bits per heavy atom. The van der Waals surface area contributed by atoms with Crippen molar-refractivity contribution in [3.05, 3.63) is 46.5 Å². The minimum absolute atomic E-state index is 0.224. The summed E-state index contributed by atoms with van der Waals surface area (Å²) < 4.78 is 5.77. The van der Waals surface area contributed by atoms with Gasteiger partial charge in [0.1, 0.15) is 11.6 Å². The molecule has 0 spiro atoms. The molecule has 1 aliphatic carbocycles. The largest absolute Gasteiger partial charge is 0.455 e. The Morgan fingerprint density at radius 1 is 1.32 bits per heavy atom. The molecular formula is C17H19N5O3. The Morgan fingerprint density at radius 3 is 2.84 bits per heavy atom. The maximum Gasteiger partial charge on any atom is 0.332 e.